The Bertz CT molecular complexity index is 71.0. The number of alkyl halides is 2. The molecule has 4 nitrogen and oxygen atoms in total. The zero-order valence-electron chi connectivity index (χ0n) is 3.81. The van der Waals surface area contributed by atoms with Crippen LogP contribution in [0.15, 0.2) is 0 Å². The summed E-state index contributed by atoms with van der Waals surface area (Å²) in [5.41, 5.74) is 9.25. The van der Waals surface area contributed by atoms with Crippen LogP contribution in [0.3, 0.4) is 0 Å². The van der Waals surface area contributed by atoms with Crippen molar-refractivity contribution in [2.45, 2.75) is 10.4 Å². The van der Waals surface area contributed by atoms with E-state index in [4.69, 9.17) is 39.1 Å². The van der Waals surface area contributed by atoms with Gasteiger partial charge in [-0.3, -0.25) is 11.5 Å². The summed E-state index contributed by atoms with van der Waals surface area (Å²) in [5, 5.41) is 16.6. The Hall–Kier alpha value is 0.420. The molecule has 8 heavy (non-hydrogen) atoms. The van der Waals surface area contributed by atoms with E-state index in [1.54, 1.807) is 0 Å². The number of hydrogen-bond acceptors (Lipinski definition) is 4. The molecule has 0 aromatic rings. The smallest absolute Gasteiger partial charge is 0.268 e. The normalized spacial score (nSPS) is 14.2. The van der Waals surface area contributed by atoms with Crippen molar-refractivity contribution in [3.63, 3.8) is 0 Å². The van der Waals surface area contributed by atoms with Gasteiger partial charge in [-0.1, -0.05) is 23.2 Å². The molecule has 6 N–H and O–H groups in total. The molecule has 0 aromatic heterocycles. The van der Waals surface area contributed by atoms with Crippen LogP contribution in [0.25, 0.3) is 0 Å². The van der Waals surface area contributed by atoms with E-state index in [1.165, 1.54) is 0 Å². The highest BCUT2D eigenvalue weighted by Gasteiger charge is 2.40. The van der Waals surface area contributed by atoms with Gasteiger partial charge in [-0.05, 0) is 0 Å². The lowest BCUT2D eigenvalue weighted by atomic mass is 10.5. The van der Waals surface area contributed by atoms with Crippen LogP contribution in [0.1, 0.15) is 0 Å². The van der Waals surface area contributed by atoms with Gasteiger partial charge in [-0.25, -0.2) is 0 Å². The van der Waals surface area contributed by atoms with Crippen LogP contribution in [-0.4, -0.2) is 20.6 Å². The van der Waals surface area contributed by atoms with Gasteiger partial charge in [0.2, 0.25) is 4.46 Å². The van der Waals surface area contributed by atoms with Crippen molar-refractivity contribution in [2.75, 3.05) is 0 Å². The van der Waals surface area contributed by atoms with Crippen LogP contribution in [0, 0.1) is 0 Å². The Morgan fingerprint density at radius 2 is 1.25 bits per heavy atom. The van der Waals surface area contributed by atoms with Gasteiger partial charge in [0.25, 0.3) is 5.91 Å². The maximum Gasteiger partial charge on any atom is 0.268 e. The molecule has 0 saturated heterocycles. The largest absolute Gasteiger partial charge is 0.350 e. The summed E-state index contributed by atoms with van der Waals surface area (Å²) >= 11 is 9.85. The van der Waals surface area contributed by atoms with Crippen molar-refractivity contribution < 1.29 is 10.2 Å². The number of halogens is 2. The monoisotopic (exact) mass is 160 g/mol. The minimum Gasteiger partial charge on any atom is -0.350 e. The summed E-state index contributed by atoms with van der Waals surface area (Å²) in [5.74, 6) is -2.75. The number of hydrogen-bond donors (Lipinski definition) is 4. The molecule has 0 saturated carbocycles. The SMILES string of the molecule is NC(O)(O)C(N)(Cl)Cl. The van der Waals surface area contributed by atoms with Crippen LogP contribution >= 0.6 is 23.2 Å². The first-order valence-corrected chi connectivity index (χ1v) is 2.41. The Kier molecular flexibility index (Phi) is 2.09. The van der Waals surface area contributed by atoms with Crippen LogP contribution < -0.4 is 11.5 Å². The standard InChI is InChI=1S/C2H6Cl2N2O2/c3-1(4,5)2(6,7)8/h7-8H,5-6H2. The Morgan fingerprint density at radius 3 is 1.25 bits per heavy atom. The van der Waals surface area contributed by atoms with Gasteiger partial charge in [0.1, 0.15) is 0 Å². The molecule has 0 heterocycles. The molecule has 0 aliphatic heterocycles. The second kappa shape index (κ2) is 1.98. The lowest BCUT2D eigenvalue weighted by Crippen LogP contribution is -2.59. The third kappa shape index (κ3) is 2.13. The Labute approximate surface area is 56.0 Å². The quantitative estimate of drug-likeness (QED) is 0.218. The van der Waals surface area contributed by atoms with Crippen LogP contribution in [0.2, 0.25) is 0 Å². The summed E-state index contributed by atoms with van der Waals surface area (Å²) in [4.78, 5) is 0. The zero-order valence-corrected chi connectivity index (χ0v) is 5.32. The van der Waals surface area contributed by atoms with Crippen molar-refractivity contribution in [1.82, 2.24) is 0 Å². The van der Waals surface area contributed by atoms with Gasteiger partial charge in [0.05, 0.1) is 0 Å². The summed E-state index contributed by atoms with van der Waals surface area (Å²) in [6.45, 7) is 0. The summed E-state index contributed by atoms with van der Waals surface area (Å²) in [6, 6.07) is 0. The topological polar surface area (TPSA) is 92.5 Å². The molecule has 0 rings (SSSR count). The van der Waals surface area contributed by atoms with Gasteiger partial charge >= 0.3 is 0 Å². The van der Waals surface area contributed by atoms with Crippen molar-refractivity contribution in [3.05, 3.63) is 0 Å². The minimum atomic E-state index is -2.75. The molecule has 6 heteroatoms. The van der Waals surface area contributed by atoms with E-state index in [-0.39, 0.29) is 0 Å². The van der Waals surface area contributed by atoms with Crippen LogP contribution in [-0.2, 0) is 0 Å². The average Bonchev–Trinajstić information content (AvgIpc) is 1.25. The van der Waals surface area contributed by atoms with Crippen molar-refractivity contribution >= 4 is 23.2 Å². The molecule has 0 unspecified atom stereocenters. The molecule has 50 valence electrons. The molecular formula is C2H6Cl2N2O2. The number of nitrogens with two attached hydrogens (primary N) is 2. The number of rotatable bonds is 1. The highest BCUT2D eigenvalue weighted by Crippen LogP contribution is 2.20. The van der Waals surface area contributed by atoms with Gasteiger partial charge in [0.15, 0.2) is 0 Å². The fourth-order valence-corrected chi connectivity index (χ4v) is 0. The predicted molar refractivity (Wildman–Crippen MR) is 30.0 cm³/mol. The molecule has 0 aliphatic carbocycles. The van der Waals surface area contributed by atoms with E-state index >= 15 is 0 Å². The van der Waals surface area contributed by atoms with E-state index in [9.17, 15) is 0 Å². The predicted octanol–water partition coefficient (Wildman–Crippen LogP) is -1.33. The average molecular weight is 161 g/mol. The molecule has 0 spiro atoms. The van der Waals surface area contributed by atoms with Crippen molar-refractivity contribution in [2.24, 2.45) is 11.5 Å². The first-order valence-electron chi connectivity index (χ1n) is 1.65. The second-order valence-electron chi connectivity index (χ2n) is 1.35. The lowest BCUT2D eigenvalue weighted by Gasteiger charge is -2.25. The van der Waals surface area contributed by atoms with Crippen LogP contribution in [0.4, 0.5) is 0 Å². The first-order chi connectivity index (χ1) is 3.25. The van der Waals surface area contributed by atoms with Crippen molar-refractivity contribution in [1.29, 1.82) is 0 Å². The van der Waals surface area contributed by atoms with E-state index in [2.05, 4.69) is 5.73 Å². The molecule has 0 bridgehead atoms. The Balaban J connectivity index is 4.02. The third-order valence-corrected chi connectivity index (χ3v) is 1.05. The van der Waals surface area contributed by atoms with E-state index in [0.29, 0.717) is 0 Å². The molecule has 0 aliphatic rings. The van der Waals surface area contributed by atoms with E-state index < -0.39 is 10.4 Å². The van der Waals surface area contributed by atoms with Gasteiger partial charge in [-0.15, -0.1) is 0 Å². The molecule has 0 atom stereocenters. The van der Waals surface area contributed by atoms with E-state index in [1.807, 2.05) is 0 Å². The molecule has 0 amide bonds. The molecular weight excluding hydrogens is 155 g/mol. The van der Waals surface area contributed by atoms with E-state index in [0.717, 1.165) is 0 Å². The third-order valence-electron chi connectivity index (χ3n) is 0.491. The highest BCUT2D eigenvalue weighted by molar-refractivity contribution is 6.48. The second-order valence-corrected chi connectivity index (χ2v) is 2.73. The van der Waals surface area contributed by atoms with Crippen molar-refractivity contribution in [3.8, 4) is 0 Å². The molecule has 0 radical (unpaired) electrons. The van der Waals surface area contributed by atoms with Crippen LogP contribution in [0.5, 0.6) is 0 Å². The fourth-order valence-electron chi connectivity index (χ4n) is 0. The highest BCUT2D eigenvalue weighted by atomic mass is 35.5. The van der Waals surface area contributed by atoms with Gasteiger partial charge < -0.3 is 10.2 Å². The lowest BCUT2D eigenvalue weighted by molar-refractivity contribution is -0.165. The zero-order chi connectivity index (χ0) is 7.00. The minimum absolute atomic E-state index is 2.23. The Morgan fingerprint density at radius 1 is 1.12 bits per heavy atom. The molecule has 0 fully saturated rings. The molecule has 0 aromatic carbocycles. The first kappa shape index (κ1) is 8.42. The van der Waals surface area contributed by atoms with Gasteiger partial charge in [0, 0.05) is 0 Å². The maximum atomic E-state index is 8.30. The summed E-state index contributed by atoms with van der Waals surface area (Å²) in [6.07, 6.45) is 0. The van der Waals surface area contributed by atoms with Gasteiger partial charge in [-0.2, -0.15) is 0 Å². The maximum absolute atomic E-state index is 8.30. The summed E-state index contributed by atoms with van der Waals surface area (Å²) in [7, 11) is 0. The number of aliphatic hydroxyl groups is 2. The fraction of sp³-hybridized carbons (Fsp3) is 1.00. The summed E-state index contributed by atoms with van der Waals surface area (Å²) < 4.78 is -2.23.